The first-order valence-corrected chi connectivity index (χ1v) is 5.87. The monoisotopic (exact) mass is 265 g/mol. The number of aromatic nitrogens is 2. The van der Waals surface area contributed by atoms with Gasteiger partial charge in [-0.25, -0.2) is 4.79 Å². The van der Waals surface area contributed by atoms with Gasteiger partial charge in [-0.05, 0) is 12.1 Å². The molecule has 1 N–H and O–H groups in total. The lowest BCUT2D eigenvalue weighted by atomic mass is 10.2. The van der Waals surface area contributed by atoms with E-state index in [1.807, 2.05) is 0 Å². The van der Waals surface area contributed by atoms with E-state index < -0.39 is 12.0 Å². The summed E-state index contributed by atoms with van der Waals surface area (Å²) in [6.45, 7) is 0.668. The van der Waals surface area contributed by atoms with Gasteiger partial charge >= 0.3 is 5.97 Å². The van der Waals surface area contributed by atoms with Crippen LogP contribution in [0.1, 0.15) is 5.69 Å². The standard InChI is InChI=1S/C12H15N3O4/c1-14-9(4-5-13-14)2-3-11(16)15-6-7-19-8-10(15)12(17)18/h2-5,10H,6-8H2,1H3,(H,17,18)/b3-2+/t10-/m0/s1. The quantitative estimate of drug-likeness (QED) is 0.761. The second-order valence-corrected chi connectivity index (χ2v) is 4.17. The maximum atomic E-state index is 12.0. The zero-order valence-electron chi connectivity index (χ0n) is 10.5. The van der Waals surface area contributed by atoms with Crippen molar-refractivity contribution in [3.05, 3.63) is 24.0 Å². The van der Waals surface area contributed by atoms with E-state index in [4.69, 9.17) is 9.84 Å². The van der Waals surface area contributed by atoms with Gasteiger partial charge in [0.1, 0.15) is 0 Å². The van der Waals surface area contributed by atoms with E-state index in [0.29, 0.717) is 6.61 Å². The smallest absolute Gasteiger partial charge is 0.328 e. The highest BCUT2D eigenvalue weighted by atomic mass is 16.5. The third-order valence-corrected chi connectivity index (χ3v) is 2.95. The number of ether oxygens (including phenoxy) is 1. The summed E-state index contributed by atoms with van der Waals surface area (Å²) in [7, 11) is 1.76. The van der Waals surface area contributed by atoms with Crippen LogP contribution in [-0.4, -0.2) is 57.5 Å². The van der Waals surface area contributed by atoms with E-state index in [-0.39, 0.29) is 19.1 Å². The van der Waals surface area contributed by atoms with Gasteiger partial charge in [-0.1, -0.05) is 0 Å². The predicted octanol–water partition coefficient (Wildman–Crippen LogP) is -0.255. The van der Waals surface area contributed by atoms with Crippen LogP contribution in [0, 0.1) is 0 Å². The number of carbonyl (C=O) groups is 2. The van der Waals surface area contributed by atoms with Gasteiger partial charge in [-0.2, -0.15) is 5.10 Å². The SMILES string of the molecule is Cn1nccc1/C=C/C(=O)N1CCOC[C@H]1C(=O)O. The summed E-state index contributed by atoms with van der Waals surface area (Å²) in [5.41, 5.74) is 0.772. The molecule has 0 aliphatic carbocycles. The first-order valence-electron chi connectivity index (χ1n) is 5.87. The van der Waals surface area contributed by atoms with Gasteiger partial charge in [-0.15, -0.1) is 0 Å². The van der Waals surface area contributed by atoms with Crippen molar-refractivity contribution in [2.75, 3.05) is 19.8 Å². The molecule has 7 heteroatoms. The van der Waals surface area contributed by atoms with Crippen LogP contribution in [0.25, 0.3) is 6.08 Å². The molecule has 7 nitrogen and oxygen atoms in total. The molecule has 19 heavy (non-hydrogen) atoms. The van der Waals surface area contributed by atoms with Crippen LogP contribution < -0.4 is 0 Å². The number of amides is 1. The maximum absolute atomic E-state index is 12.0. The number of carboxylic acids is 1. The number of aryl methyl sites for hydroxylation is 1. The Morgan fingerprint density at radius 1 is 1.58 bits per heavy atom. The minimum Gasteiger partial charge on any atom is -0.480 e. The number of rotatable bonds is 3. The molecule has 1 atom stereocenters. The molecule has 102 valence electrons. The first kappa shape index (κ1) is 13.3. The average Bonchev–Trinajstić information content (AvgIpc) is 2.81. The molecule has 2 rings (SSSR count). The fourth-order valence-electron chi connectivity index (χ4n) is 1.87. The van der Waals surface area contributed by atoms with Crippen molar-refractivity contribution < 1.29 is 19.4 Å². The van der Waals surface area contributed by atoms with Crippen molar-refractivity contribution in [2.24, 2.45) is 7.05 Å². The predicted molar refractivity (Wildman–Crippen MR) is 66.2 cm³/mol. The summed E-state index contributed by atoms with van der Waals surface area (Å²) >= 11 is 0. The number of carboxylic acid groups (broad SMARTS) is 1. The molecular formula is C12H15N3O4. The minimum absolute atomic E-state index is 0.0284. The van der Waals surface area contributed by atoms with Crippen molar-refractivity contribution >= 4 is 18.0 Å². The van der Waals surface area contributed by atoms with Gasteiger partial charge in [0.15, 0.2) is 6.04 Å². The molecule has 1 fully saturated rings. The zero-order valence-corrected chi connectivity index (χ0v) is 10.5. The second-order valence-electron chi connectivity index (χ2n) is 4.17. The second kappa shape index (κ2) is 5.66. The van der Waals surface area contributed by atoms with Gasteiger partial charge in [0.2, 0.25) is 5.91 Å². The Balaban J connectivity index is 2.08. The third kappa shape index (κ3) is 3.00. The highest BCUT2D eigenvalue weighted by molar-refractivity contribution is 5.94. The van der Waals surface area contributed by atoms with E-state index >= 15 is 0 Å². The van der Waals surface area contributed by atoms with E-state index in [2.05, 4.69) is 5.10 Å². The molecule has 0 radical (unpaired) electrons. The van der Waals surface area contributed by atoms with Gasteiger partial charge in [-0.3, -0.25) is 9.48 Å². The molecule has 0 bridgehead atoms. The lowest BCUT2D eigenvalue weighted by Crippen LogP contribution is -2.52. The molecule has 1 aromatic rings. The molecule has 0 saturated carbocycles. The summed E-state index contributed by atoms with van der Waals surface area (Å²) in [5.74, 6) is -1.39. The number of morpholine rings is 1. The Labute approximate surface area is 110 Å². The summed E-state index contributed by atoms with van der Waals surface area (Å²) in [5, 5.41) is 13.0. The van der Waals surface area contributed by atoms with E-state index in [1.54, 1.807) is 30.1 Å². The van der Waals surface area contributed by atoms with E-state index in [9.17, 15) is 9.59 Å². The fraction of sp³-hybridized carbons (Fsp3) is 0.417. The first-order chi connectivity index (χ1) is 9.09. The number of aliphatic carboxylic acids is 1. The largest absolute Gasteiger partial charge is 0.480 e. The fourth-order valence-corrected chi connectivity index (χ4v) is 1.87. The van der Waals surface area contributed by atoms with E-state index in [1.165, 1.54) is 11.0 Å². The van der Waals surface area contributed by atoms with Crippen molar-refractivity contribution in [3.8, 4) is 0 Å². The number of carbonyl (C=O) groups excluding carboxylic acids is 1. The molecule has 1 saturated heterocycles. The Kier molecular flexibility index (Phi) is 3.96. The Morgan fingerprint density at radius 3 is 3.00 bits per heavy atom. The summed E-state index contributed by atoms with van der Waals surface area (Å²) in [6, 6.07) is 0.843. The van der Waals surface area contributed by atoms with Crippen LogP contribution in [0.4, 0.5) is 0 Å². The lowest BCUT2D eigenvalue weighted by Gasteiger charge is -2.31. The molecule has 0 aromatic carbocycles. The van der Waals surface area contributed by atoms with Crippen LogP contribution in [0.5, 0.6) is 0 Å². The normalized spacial score (nSPS) is 19.8. The van der Waals surface area contributed by atoms with Crippen molar-refractivity contribution in [1.29, 1.82) is 0 Å². The third-order valence-electron chi connectivity index (χ3n) is 2.95. The summed E-state index contributed by atoms with van der Waals surface area (Å²) < 4.78 is 6.70. The molecule has 1 aromatic heterocycles. The molecule has 0 spiro atoms. The summed E-state index contributed by atoms with van der Waals surface area (Å²) in [4.78, 5) is 24.4. The van der Waals surface area contributed by atoms with Gasteiger partial charge < -0.3 is 14.7 Å². The molecule has 1 aliphatic rings. The molecule has 1 aliphatic heterocycles. The van der Waals surface area contributed by atoms with Crippen LogP contribution in [-0.2, 0) is 21.4 Å². The number of hydrogen-bond donors (Lipinski definition) is 1. The average molecular weight is 265 g/mol. The number of hydrogen-bond acceptors (Lipinski definition) is 4. The number of nitrogens with zero attached hydrogens (tertiary/aromatic N) is 3. The minimum atomic E-state index is -1.05. The highest BCUT2D eigenvalue weighted by Gasteiger charge is 2.31. The highest BCUT2D eigenvalue weighted by Crippen LogP contribution is 2.09. The van der Waals surface area contributed by atoms with E-state index in [0.717, 1.165) is 5.69 Å². The van der Waals surface area contributed by atoms with Gasteiger partial charge in [0.05, 0.1) is 18.9 Å². The Hall–Kier alpha value is -2.15. The molecule has 1 amide bonds. The van der Waals surface area contributed by atoms with Crippen LogP contribution in [0.3, 0.4) is 0 Å². The Bertz CT molecular complexity index is 509. The molecule has 2 heterocycles. The lowest BCUT2D eigenvalue weighted by molar-refractivity contribution is -0.156. The topological polar surface area (TPSA) is 84.7 Å². The summed E-state index contributed by atoms with van der Waals surface area (Å²) in [6.07, 6.45) is 4.60. The molecular weight excluding hydrogens is 250 g/mol. The van der Waals surface area contributed by atoms with Gasteiger partial charge in [0.25, 0.3) is 0 Å². The maximum Gasteiger partial charge on any atom is 0.328 e. The van der Waals surface area contributed by atoms with Crippen molar-refractivity contribution in [1.82, 2.24) is 14.7 Å². The van der Waals surface area contributed by atoms with Crippen LogP contribution in [0.15, 0.2) is 18.3 Å². The molecule has 0 unspecified atom stereocenters. The van der Waals surface area contributed by atoms with Crippen molar-refractivity contribution in [3.63, 3.8) is 0 Å². The van der Waals surface area contributed by atoms with Crippen LogP contribution in [0.2, 0.25) is 0 Å². The van der Waals surface area contributed by atoms with Crippen molar-refractivity contribution in [2.45, 2.75) is 6.04 Å². The van der Waals surface area contributed by atoms with Crippen LogP contribution >= 0.6 is 0 Å². The zero-order chi connectivity index (χ0) is 13.8. The Morgan fingerprint density at radius 2 is 2.37 bits per heavy atom. The van der Waals surface area contributed by atoms with Gasteiger partial charge in [0, 0.05) is 25.9 Å².